The van der Waals surface area contributed by atoms with Gasteiger partial charge in [-0.3, -0.25) is 10.1 Å². The maximum Gasteiger partial charge on any atom is 0.269 e. The van der Waals surface area contributed by atoms with Gasteiger partial charge in [-0.25, -0.2) is 4.39 Å². The van der Waals surface area contributed by atoms with E-state index in [4.69, 9.17) is 10.00 Å². The summed E-state index contributed by atoms with van der Waals surface area (Å²) in [7, 11) is 0. The molecular weight excluding hydrogens is 349 g/mol. The Morgan fingerprint density at radius 3 is 2.56 bits per heavy atom. The van der Waals surface area contributed by atoms with Crippen molar-refractivity contribution in [2.75, 3.05) is 13.2 Å². The molecule has 1 rings (SSSR count). The van der Waals surface area contributed by atoms with Gasteiger partial charge in [0.05, 0.1) is 23.1 Å². The first-order valence-corrected chi connectivity index (χ1v) is 8.75. The van der Waals surface area contributed by atoms with Gasteiger partial charge in [-0.2, -0.15) is 5.26 Å². The molecule has 1 aromatic carbocycles. The molecule has 0 aliphatic heterocycles. The number of ether oxygens (including phenoxy) is 1. The van der Waals surface area contributed by atoms with Crippen LogP contribution >= 0.6 is 0 Å². The fourth-order valence-corrected chi connectivity index (χ4v) is 2.97. The quantitative estimate of drug-likeness (QED) is 0.325. The molecule has 7 nitrogen and oxygen atoms in total. The number of nitrogens with one attached hydrogen (secondary N) is 1. The monoisotopic (exact) mass is 371 g/mol. The zero-order valence-corrected chi connectivity index (χ0v) is 15.5. The van der Waals surface area contributed by atoms with Crippen LogP contribution in [0.25, 0.3) is 0 Å². The Kier molecular flexibility index (Phi) is 7.31. The highest BCUT2D eigenvalue weighted by atomic mass is 32.2. The minimum Gasteiger partial charge on any atom is -0.598 e. The van der Waals surface area contributed by atoms with Crippen molar-refractivity contribution >= 4 is 17.0 Å². The lowest BCUT2D eigenvalue weighted by atomic mass is 9.89. The van der Waals surface area contributed by atoms with Crippen LogP contribution in [0.15, 0.2) is 18.2 Å². The number of nitrogens with zero attached hydrogens (tertiary/aromatic N) is 2. The van der Waals surface area contributed by atoms with Gasteiger partial charge in [-0.15, -0.1) is 4.72 Å². The molecule has 0 saturated carbocycles. The van der Waals surface area contributed by atoms with E-state index in [0.29, 0.717) is 0 Å². The highest BCUT2D eigenvalue weighted by Crippen LogP contribution is 2.32. The minimum absolute atomic E-state index is 0.0276. The van der Waals surface area contributed by atoms with Crippen molar-refractivity contribution in [3.63, 3.8) is 0 Å². The van der Waals surface area contributed by atoms with Crippen molar-refractivity contribution in [2.45, 2.75) is 44.4 Å². The topological polar surface area (TPSA) is 111 Å². The number of rotatable bonds is 8. The third kappa shape index (κ3) is 5.93. The molecule has 1 N–H and O–H groups in total. The summed E-state index contributed by atoms with van der Waals surface area (Å²) in [6, 6.07) is 5.05. The number of nitriles is 1. The Labute approximate surface area is 149 Å². The lowest BCUT2D eigenvalue weighted by molar-refractivity contribution is -0.385. The first kappa shape index (κ1) is 21.3. The molecule has 0 bridgehead atoms. The van der Waals surface area contributed by atoms with E-state index in [1.54, 1.807) is 27.7 Å². The number of nitro benzene ring substituents is 1. The first-order valence-electron chi connectivity index (χ1n) is 7.60. The van der Waals surface area contributed by atoms with Gasteiger partial charge in [0.1, 0.15) is 17.2 Å². The van der Waals surface area contributed by atoms with Crippen LogP contribution in [0, 0.1) is 27.3 Å². The van der Waals surface area contributed by atoms with Crippen LogP contribution in [-0.2, 0) is 21.6 Å². The van der Waals surface area contributed by atoms with E-state index in [0.717, 1.165) is 18.2 Å². The average Bonchev–Trinajstić information content (AvgIpc) is 2.50. The van der Waals surface area contributed by atoms with Crippen LogP contribution in [-0.4, -0.2) is 27.4 Å². The van der Waals surface area contributed by atoms with E-state index in [-0.39, 0.29) is 30.9 Å². The third-order valence-electron chi connectivity index (χ3n) is 3.54. The van der Waals surface area contributed by atoms with Crippen LogP contribution < -0.4 is 4.72 Å². The number of benzene rings is 1. The largest absolute Gasteiger partial charge is 0.598 e. The Hall–Kier alpha value is -1.73. The molecule has 0 radical (unpaired) electrons. The van der Waals surface area contributed by atoms with Crippen LogP contribution in [0.4, 0.5) is 10.1 Å². The number of hydrogen-bond donors (Lipinski definition) is 1. The van der Waals surface area contributed by atoms with Crippen LogP contribution in [0.3, 0.4) is 0 Å². The lowest BCUT2D eigenvalue weighted by Gasteiger charge is -2.35. The number of non-ortho nitro benzene ring substituents is 1. The molecule has 0 aliphatic rings. The maximum absolute atomic E-state index is 14.4. The molecule has 2 atom stereocenters. The molecule has 0 amide bonds. The zero-order chi connectivity index (χ0) is 19.3. The lowest BCUT2D eigenvalue weighted by Crippen LogP contribution is -2.50. The van der Waals surface area contributed by atoms with Gasteiger partial charge in [0, 0.05) is 29.1 Å². The Morgan fingerprint density at radius 1 is 1.40 bits per heavy atom. The summed E-state index contributed by atoms with van der Waals surface area (Å²) in [4.78, 5) is 10.4. The molecule has 0 saturated heterocycles. The molecule has 0 fully saturated rings. The standard InChI is InChI=1S/C16H22FN3O4S/c1-15(2,3)25(23)19-16(4,7-9-24-10-8-18)13-11-12(20(21)22)5-6-14(13)17/h5-6,11,19H,7,9-10H2,1-4H3/t16-,25-/m0/s1. The molecular formula is C16H22FN3O4S. The fourth-order valence-electron chi connectivity index (χ4n) is 2.04. The van der Waals surface area contributed by atoms with Crippen molar-refractivity contribution in [1.82, 2.24) is 4.72 Å². The molecule has 138 valence electrons. The second-order valence-electron chi connectivity index (χ2n) is 6.70. The van der Waals surface area contributed by atoms with Gasteiger partial charge in [-0.1, -0.05) is 0 Å². The highest BCUT2D eigenvalue weighted by Gasteiger charge is 2.39. The second kappa shape index (κ2) is 8.58. The van der Waals surface area contributed by atoms with Crippen molar-refractivity contribution in [1.29, 1.82) is 5.26 Å². The van der Waals surface area contributed by atoms with Crippen LogP contribution in [0.2, 0.25) is 0 Å². The highest BCUT2D eigenvalue weighted by molar-refractivity contribution is 7.90. The van der Waals surface area contributed by atoms with E-state index in [2.05, 4.69) is 4.72 Å². The van der Waals surface area contributed by atoms with Crippen LogP contribution in [0.1, 0.15) is 39.7 Å². The summed E-state index contributed by atoms with van der Waals surface area (Å²) in [5, 5.41) is 19.5. The Morgan fingerprint density at radius 2 is 2.04 bits per heavy atom. The van der Waals surface area contributed by atoms with Gasteiger partial charge in [0.2, 0.25) is 0 Å². The van der Waals surface area contributed by atoms with Crippen molar-refractivity contribution < 1.29 is 18.6 Å². The summed E-state index contributed by atoms with van der Waals surface area (Å²) in [5.41, 5.74) is -1.41. The Balaban J connectivity index is 3.23. The summed E-state index contributed by atoms with van der Waals surface area (Å²) in [6.07, 6.45) is 0.175. The first-order chi connectivity index (χ1) is 11.5. The summed E-state index contributed by atoms with van der Waals surface area (Å²) < 4.78 is 34.3. The van der Waals surface area contributed by atoms with Crippen LogP contribution in [0.5, 0.6) is 0 Å². The number of hydrogen-bond acceptors (Lipinski definition) is 6. The molecule has 0 spiro atoms. The Bertz CT molecular complexity index is 660. The van der Waals surface area contributed by atoms with E-state index in [9.17, 15) is 19.1 Å². The second-order valence-corrected chi connectivity index (χ2v) is 8.66. The van der Waals surface area contributed by atoms with Crippen molar-refractivity contribution in [3.8, 4) is 6.07 Å². The van der Waals surface area contributed by atoms with Crippen molar-refractivity contribution in [3.05, 3.63) is 39.7 Å². The maximum atomic E-state index is 14.4. The van der Waals surface area contributed by atoms with Gasteiger partial charge in [-0.05, 0) is 40.2 Å². The smallest absolute Gasteiger partial charge is 0.269 e. The third-order valence-corrected chi connectivity index (χ3v) is 5.29. The molecule has 0 heterocycles. The minimum atomic E-state index is -1.55. The zero-order valence-electron chi connectivity index (χ0n) is 14.7. The van der Waals surface area contributed by atoms with E-state index >= 15 is 0 Å². The van der Waals surface area contributed by atoms with E-state index in [1.165, 1.54) is 0 Å². The predicted octanol–water partition coefficient (Wildman–Crippen LogP) is 2.93. The average molecular weight is 371 g/mol. The van der Waals surface area contributed by atoms with Gasteiger partial charge < -0.3 is 9.29 Å². The normalized spacial score (nSPS) is 15.2. The summed E-state index contributed by atoms with van der Waals surface area (Å²) in [5.74, 6) is -0.646. The molecule has 0 aliphatic carbocycles. The molecule has 1 aromatic rings. The molecule has 0 aromatic heterocycles. The summed E-state index contributed by atoms with van der Waals surface area (Å²) >= 11 is -1.55. The predicted molar refractivity (Wildman–Crippen MR) is 92.5 cm³/mol. The SMILES string of the molecule is CC(C)(C)[S@+]([O-])N[C@@](C)(CCOCC#N)c1cc([N+](=O)[O-])ccc1F. The van der Waals surface area contributed by atoms with E-state index in [1.807, 2.05) is 6.07 Å². The molecule has 25 heavy (non-hydrogen) atoms. The van der Waals surface area contributed by atoms with Crippen molar-refractivity contribution in [2.24, 2.45) is 0 Å². The van der Waals surface area contributed by atoms with Gasteiger partial charge in [0.25, 0.3) is 5.69 Å². The number of halogens is 1. The molecule has 0 unspecified atom stereocenters. The van der Waals surface area contributed by atoms with Gasteiger partial charge in [0.15, 0.2) is 0 Å². The van der Waals surface area contributed by atoms with Gasteiger partial charge >= 0.3 is 0 Å². The summed E-state index contributed by atoms with van der Waals surface area (Å²) in [6.45, 7) is 6.84. The molecule has 9 heteroatoms. The fraction of sp³-hybridized carbons (Fsp3) is 0.562. The number of nitro groups is 1. The van der Waals surface area contributed by atoms with E-state index < -0.39 is 32.4 Å².